The lowest BCUT2D eigenvalue weighted by atomic mass is 10.3. The lowest BCUT2D eigenvalue weighted by molar-refractivity contribution is 0.229. The SMILES string of the molecule is CN1CCN(c2ccc(Cl)cc2Cl)C1=O. The maximum atomic E-state index is 11.7. The average molecular weight is 245 g/mol. The van der Waals surface area contributed by atoms with Crippen LogP contribution in [-0.2, 0) is 0 Å². The van der Waals surface area contributed by atoms with E-state index in [0.29, 0.717) is 16.6 Å². The number of hydrogen-bond acceptors (Lipinski definition) is 1. The van der Waals surface area contributed by atoms with E-state index in [2.05, 4.69) is 0 Å². The minimum absolute atomic E-state index is 0.0285. The highest BCUT2D eigenvalue weighted by atomic mass is 35.5. The summed E-state index contributed by atoms with van der Waals surface area (Å²) >= 11 is 11.8. The van der Waals surface area contributed by atoms with E-state index in [4.69, 9.17) is 23.2 Å². The van der Waals surface area contributed by atoms with Gasteiger partial charge in [-0.1, -0.05) is 23.2 Å². The van der Waals surface area contributed by atoms with E-state index < -0.39 is 0 Å². The molecule has 1 aliphatic heterocycles. The molecule has 2 rings (SSSR count). The van der Waals surface area contributed by atoms with E-state index in [-0.39, 0.29) is 6.03 Å². The Kier molecular flexibility index (Phi) is 2.76. The van der Waals surface area contributed by atoms with Crippen LogP contribution in [0.25, 0.3) is 0 Å². The topological polar surface area (TPSA) is 23.6 Å². The van der Waals surface area contributed by atoms with Crippen molar-refractivity contribution in [1.82, 2.24) is 4.90 Å². The normalized spacial score (nSPS) is 16.3. The minimum atomic E-state index is -0.0285. The Morgan fingerprint density at radius 3 is 2.53 bits per heavy atom. The van der Waals surface area contributed by atoms with Crippen LogP contribution in [0, 0.1) is 0 Å². The van der Waals surface area contributed by atoms with Gasteiger partial charge in [-0.2, -0.15) is 0 Å². The molecule has 0 aliphatic carbocycles. The Bertz CT molecular complexity index is 408. The number of hydrogen-bond donors (Lipinski definition) is 0. The van der Waals surface area contributed by atoms with E-state index in [0.717, 1.165) is 12.2 Å². The molecule has 1 aliphatic rings. The van der Waals surface area contributed by atoms with Crippen LogP contribution in [0.3, 0.4) is 0 Å². The standard InChI is InChI=1S/C10H10Cl2N2O/c1-13-4-5-14(10(13)15)9-3-2-7(11)6-8(9)12/h2-3,6H,4-5H2,1H3. The fourth-order valence-corrected chi connectivity index (χ4v) is 2.08. The van der Waals surface area contributed by atoms with Crippen molar-refractivity contribution >= 4 is 34.9 Å². The number of amides is 2. The number of rotatable bonds is 1. The van der Waals surface area contributed by atoms with E-state index in [1.54, 1.807) is 35.0 Å². The molecule has 80 valence electrons. The van der Waals surface area contributed by atoms with Crippen LogP contribution in [-0.4, -0.2) is 31.1 Å². The van der Waals surface area contributed by atoms with Crippen molar-refractivity contribution in [3.63, 3.8) is 0 Å². The van der Waals surface area contributed by atoms with Crippen LogP contribution in [0.1, 0.15) is 0 Å². The molecule has 3 nitrogen and oxygen atoms in total. The zero-order valence-electron chi connectivity index (χ0n) is 8.20. The monoisotopic (exact) mass is 244 g/mol. The molecular formula is C10H10Cl2N2O. The molecule has 0 unspecified atom stereocenters. The van der Waals surface area contributed by atoms with Crippen LogP contribution in [0.15, 0.2) is 18.2 Å². The second-order valence-corrected chi connectivity index (χ2v) is 4.30. The van der Waals surface area contributed by atoms with Crippen molar-refractivity contribution in [2.75, 3.05) is 25.0 Å². The quantitative estimate of drug-likeness (QED) is 0.746. The van der Waals surface area contributed by atoms with E-state index in [9.17, 15) is 4.79 Å². The van der Waals surface area contributed by atoms with Crippen molar-refractivity contribution in [3.05, 3.63) is 28.2 Å². The molecule has 0 aromatic heterocycles. The van der Waals surface area contributed by atoms with Crippen LogP contribution < -0.4 is 4.90 Å². The van der Waals surface area contributed by atoms with Gasteiger partial charge in [-0.25, -0.2) is 4.79 Å². The molecular weight excluding hydrogens is 235 g/mol. The summed E-state index contributed by atoms with van der Waals surface area (Å²) in [6, 6.07) is 5.11. The summed E-state index contributed by atoms with van der Waals surface area (Å²) in [5.41, 5.74) is 0.718. The Labute approximate surface area is 98.2 Å². The minimum Gasteiger partial charge on any atom is -0.326 e. The largest absolute Gasteiger partial charge is 0.326 e. The number of nitrogens with zero attached hydrogens (tertiary/aromatic N) is 2. The van der Waals surface area contributed by atoms with Crippen molar-refractivity contribution in [2.24, 2.45) is 0 Å². The van der Waals surface area contributed by atoms with Gasteiger partial charge >= 0.3 is 6.03 Å². The summed E-state index contributed by atoms with van der Waals surface area (Å²) in [4.78, 5) is 15.0. The Morgan fingerprint density at radius 1 is 1.27 bits per heavy atom. The van der Waals surface area contributed by atoms with E-state index in [1.165, 1.54) is 0 Å². The van der Waals surface area contributed by atoms with Crippen LogP contribution >= 0.6 is 23.2 Å². The highest BCUT2D eigenvalue weighted by Crippen LogP contribution is 2.30. The van der Waals surface area contributed by atoms with Crippen molar-refractivity contribution in [2.45, 2.75) is 0 Å². The van der Waals surface area contributed by atoms with Crippen LogP contribution in [0.4, 0.5) is 10.5 Å². The van der Waals surface area contributed by atoms with E-state index >= 15 is 0 Å². The zero-order valence-corrected chi connectivity index (χ0v) is 9.72. The first kappa shape index (κ1) is 10.6. The molecule has 5 heteroatoms. The Morgan fingerprint density at radius 2 is 2.00 bits per heavy atom. The first-order valence-electron chi connectivity index (χ1n) is 4.57. The van der Waals surface area contributed by atoms with Gasteiger partial charge in [-0.15, -0.1) is 0 Å². The van der Waals surface area contributed by atoms with Crippen molar-refractivity contribution < 1.29 is 4.79 Å². The molecule has 0 atom stereocenters. The zero-order chi connectivity index (χ0) is 11.0. The lowest BCUT2D eigenvalue weighted by Gasteiger charge is -2.17. The molecule has 0 spiro atoms. The van der Waals surface area contributed by atoms with Gasteiger partial charge in [0.25, 0.3) is 0 Å². The first-order chi connectivity index (χ1) is 7.09. The maximum Gasteiger partial charge on any atom is 0.324 e. The summed E-state index contributed by atoms with van der Waals surface area (Å²) in [5, 5.41) is 1.08. The van der Waals surface area contributed by atoms with Crippen molar-refractivity contribution in [3.8, 4) is 0 Å². The number of carbonyl (C=O) groups is 1. The van der Waals surface area contributed by atoms with Gasteiger partial charge < -0.3 is 4.90 Å². The molecule has 0 N–H and O–H groups in total. The summed E-state index contributed by atoms with van der Waals surface area (Å²) in [6.07, 6.45) is 0. The molecule has 0 saturated carbocycles. The molecule has 0 bridgehead atoms. The third-order valence-corrected chi connectivity index (χ3v) is 2.95. The predicted octanol–water partition coefficient (Wildman–Crippen LogP) is 2.87. The second-order valence-electron chi connectivity index (χ2n) is 3.45. The molecule has 1 fully saturated rings. The predicted molar refractivity (Wildman–Crippen MR) is 61.8 cm³/mol. The molecule has 1 aromatic rings. The fraction of sp³-hybridized carbons (Fsp3) is 0.300. The Balaban J connectivity index is 2.34. The van der Waals surface area contributed by atoms with Gasteiger partial charge in [-0.3, -0.25) is 4.90 Å². The molecule has 1 heterocycles. The fourth-order valence-electron chi connectivity index (χ4n) is 1.57. The van der Waals surface area contributed by atoms with Gasteiger partial charge in [0.05, 0.1) is 10.7 Å². The summed E-state index contributed by atoms with van der Waals surface area (Å²) in [5.74, 6) is 0. The third kappa shape index (κ3) is 1.90. The third-order valence-electron chi connectivity index (χ3n) is 2.42. The summed E-state index contributed by atoms with van der Waals surface area (Å²) in [6.45, 7) is 1.38. The summed E-state index contributed by atoms with van der Waals surface area (Å²) in [7, 11) is 1.77. The van der Waals surface area contributed by atoms with Crippen LogP contribution in [0.2, 0.25) is 10.0 Å². The smallest absolute Gasteiger partial charge is 0.324 e. The Hall–Kier alpha value is -0.930. The van der Waals surface area contributed by atoms with E-state index in [1.807, 2.05) is 0 Å². The highest BCUT2D eigenvalue weighted by Gasteiger charge is 2.27. The molecule has 0 radical (unpaired) electrons. The number of likely N-dealkylation sites (N-methyl/N-ethyl adjacent to an activating group) is 1. The van der Waals surface area contributed by atoms with Gasteiger partial charge in [0.2, 0.25) is 0 Å². The number of urea groups is 1. The van der Waals surface area contributed by atoms with Crippen molar-refractivity contribution in [1.29, 1.82) is 0 Å². The number of carbonyl (C=O) groups excluding carboxylic acids is 1. The number of anilines is 1. The van der Waals surface area contributed by atoms with Gasteiger partial charge in [0.1, 0.15) is 0 Å². The molecule has 1 saturated heterocycles. The summed E-state index contributed by atoms with van der Waals surface area (Å²) < 4.78 is 0. The molecule has 15 heavy (non-hydrogen) atoms. The first-order valence-corrected chi connectivity index (χ1v) is 5.33. The van der Waals surface area contributed by atoms with Crippen LogP contribution in [0.5, 0.6) is 0 Å². The number of benzene rings is 1. The maximum absolute atomic E-state index is 11.7. The lowest BCUT2D eigenvalue weighted by Crippen LogP contribution is -2.29. The van der Waals surface area contributed by atoms with Gasteiger partial charge in [0, 0.05) is 25.2 Å². The molecule has 1 aromatic carbocycles. The van der Waals surface area contributed by atoms with Gasteiger partial charge in [-0.05, 0) is 18.2 Å². The average Bonchev–Trinajstić information content (AvgIpc) is 2.49. The second kappa shape index (κ2) is 3.91. The molecule has 2 amide bonds. The number of halogens is 2. The highest BCUT2D eigenvalue weighted by molar-refractivity contribution is 6.36. The van der Waals surface area contributed by atoms with Gasteiger partial charge in [0.15, 0.2) is 0 Å².